The first-order chi connectivity index (χ1) is 10.4. The summed E-state index contributed by atoms with van der Waals surface area (Å²) in [6.45, 7) is 1.84. The fraction of sp³-hybridized carbons (Fsp3) is 0.235. The lowest BCUT2D eigenvalue weighted by Crippen LogP contribution is -2.29. The summed E-state index contributed by atoms with van der Waals surface area (Å²) in [5.41, 5.74) is 0.883. The van der Waals surface area contributed by atoms with Crippen LogP contribution in [0.25, 0.3) is 0 Å². The van der Waals surface area contributed by atoms with Crippen LogP contribution in [0.5, 0.6) is 5.75 Å². The highest BCUT2D eigenvalue weighted by Gasteiger charge is 2.20. The molecule has 0 heterocycles. The van der Waals surface area contributed by atoms with Gasteiger partial charge in [-0.1, -0.05) is 12.1 Å². The van der Waals surface area contributed by atoms with Crippen LogP contribution in [0.1, 0.15) is 28.9 Å². The van der Waals surface area contributed by atoms with Gasteiger partial charge < -0.3 is 9.64 Å². The Bertz CT molecular complexity index is 651. The van der Waals surface area contributed by atoms with Crippen LogP contribution in [0.15, 0.2) is 42.5 Å². The van der Waals surface area contributed by atoms with Crippen LogP contribution in [-0.4, -0.2) is 25.0 Å². The summed E-state index contributed by atoms with van der Waals surface area (Å²) in [4.78, 5) is 13.8. The number of amides is 1. The van der Waals surface area contributed by atoms with E-state index in [1.807, 2.05) is 19.1 Å². The van der Waals surface area contributed by atoms with Crippen molar-refractivity contribution < 1.29 is 18.3 Å². The maximum absolute atomic E-state index is 13.2. The van der Waals surface area contributed by atoms with E-state index in [9.17, 15) is 13.6 Å². The molecule has 5 heteroatoms. The highest BCUT2D eigenvalue weighted by Crippen LogP contribution is 2.23. The fourth-order valence-corrected chi connectivity index (χ4v) is 2.16. The van der Waals surface area contributed by atoms with E-state index in [4.69, 9.17) is 4.74 Å². The van der Waals surface area contributed by atoms with Gasteiger partial charge in [0.15, 0.2) is 0 Å². The van der Waals surface area contributed by atoms with Gasteiger partial charge in [0, 0.05) is 18.7 Å². The molecule has 116 valence electrons. The number of hydrogen-bond donors (Lipinski definition) is 0. The minimum atomic E-state index is -0.770. The fourth-order valence-electron chi connectivity index (χ4n) is 2.16. The smallest absolute Gasteiger partial charge is 0.254 e. The normalized spacial score (nSPS) is 11.9. The van der Waals surface area contributed by atoms with Crippen LogP contribution in [0.3, 0.4) is 0 Å². The maximum atomic E-state index is 13.2. The Morgan fingerprint density at radius 2 is 1.64 bits per heavy atom. The molecule has 2 aromatic carbocycles. The van der Waals surface area contributed by atoms with E-state index >= 15 is 0 Å². The number of rotatable bonds is 4. The van der Waals surface area contributed by atoms with Gasteiger partial charge in [0.25, 0.3) is 5.91 Å². The molecule has 0 aliphatic heterocycles. The summed E-state index contributed by atoms with van der Waals surface area (Å²) in [5.74, 6) is -1.26. The highest BCUT2D eigenvalue weighted by molar-refractivity contribution is 5.94. The monoisotopic (exact) mass is 305 g/mol. The van der Waals surface area contributed by atoms with Crippen molar-refractivity contribution in [1.29, 1.82) is 0 Å². The van der Waals surface area contributed by atoms with E-state index in [1.165, 1.54) is 4.90 Å². The Kier molecular flexibility index (Phi) is 4.75. The first-order valence-electron chi connectivity index (χ1n) is 6.79. The summed E-state index contributed by atoms with van der Waals surface area (Å²) in [7, 11) is 3.17. The molecule has 0 radical (unpaired) electrons. The van der Waals surface area contributed by atoms with E-state index < -0.39 is 17.5 Å². The summed E-state index contributed by atoms with van der Waals surface area (Å²) in [5, 5.41) is 0. The summed E-state index contributed by atoms with van der Waals surface area (Å²) in [6.07, 6.45) is 0. The van der Waals surface area contributed by atoms with Crippen molar-refractivity contribution in [2.45, 2.75) is 13.0 Å². The molecule has 2 aromatic rings. The lowest BCUT2D eigenvalue weighted by molar-refractivity contribution is 0.0741. The molecule has 2 rings (SSSR count). The number of carbonyl (C=O) groups excluding carboxylic acids is 1. The first kappa shape index (κ1) is 15.9. The van der Waals surface area contributed by atoms with Crippen LogP contribution in [0, 0.1) is 11.6 Å². The molecule has 0 bridgehead atoms. The molecule has 1 amide bonds. The largest absolute Gasteiger partial charge is 0.497 e. The van der Waals surface area contributed by atoms with E-state index in [2.05, 4.69) is 0 Å². The van der Waals surface area contributed by atoms with Crippen molar-refractivity contribution >= 4 is 5.91 Å². The van der Waals surface area contributed by atoms with Gasteiger partial charge in [-0.25, -0.2) is 8.78 Å². The summed E-state index contributed by atoms with van der Waals surface area (Å²) in [6, 6.07) is 9.84. The van der Waals surface area contributed by atoms with E-state index in [0.29, 0.717) is 0 Å². The SMILES string of the molecule is COc1ccc(C(C)N(C)C(=O)c2cc(F)cc(F)c2)cc1. The Morgan fingerprint density at radius 1 is 1.09 bits per heavy atom. The molecule has 1 atom stereocenters. The molecule has 22 heavy (non-hydrogen) atoms. The van der Waals surface area contributed by atoms with Crippen LogP contribution < -0.4 is 4.74 Å². The zero-order chi connectivity index (χ0) is 16.3. The van der Waals surface area contributed by atoms with Gasteiger partial charge in [0.1, 0.15) is 17.4 Å². The molecule has 3 nitrogen and oxygen atoms in total. The second kappa shape index (κ2) is 6.56. The number of nitrogens with zero attached hydrogens (tertiary/aromatic N) is 1. The Balaban J connectivity index is 2.21. The number of ether oxygens (including phenoxy) is 1. The van der Waals surface area contributed by atoms with Crippen molar-refractivity contribution in [2.75, 3.05) is 14.2 Å². The first-order valence-corrected chi connectivity index (χ1v) is 6.79. The number of benzene rings is 2. The van der Waals surface area contributed by atoms with Crippen molar-refractivity contribution in [2.24, 2.45) is 0 Å². The van der Waals surface area contributed by atoms with E-state index in [1.54, 1.807) is 26.3 Å². The van der Waals surface area contributed by atoms with Crippen molar-refractivity contribution in [1.82, 2.24) is 4.90 Å². The number of carbonyl (C=O) groups is 1. The van der Waals surface area contributed by atoms with Gasteiger partial charge >= 0.3 is 0 Å². The molecule has 0 aromatic heterocycles. The van der Waals surface area contributed by atoms with Gasteiger partial charge in [0.05, 0.1) is 13.2 Å². The molecule has 0 saturated carbocycles. The van der Waals surface area contributed by atoms with Crippen LogP contribution >= 0.6 is 0 Å². The Labute approximate surface area is 128 Å². The second-order valence-corrected chi connectivity index (χ2v) is 5.02. The standard InChI is InChI=1S/C17H17F2NO2/c1-11(12-4-6-16(22-3)7-5-12)20(2)17(21)13-8-14(18)10-15(19)9-13/h4-11H,1-3H3. The number of methoxy groups -OCH3 is 1. The van der Waals surface area contributed by atoms with Gasteiger partial charge in [0.2, 0.25) is 0 Å². The number of hydrogen-bond acceptors (Lipinski definition) is 2. The zero-order valence-corrected chi connectivity index (χ0v) is 12.6. The van der Waals surface area contributed by atoms with Crippen LogP contribution in [-0.2, 0) is 0 Å². The van der Waals surface area contributed by atoms with E-state index in [-0.39, 0.29) is 11.6 Å². The van der Waals surface area contributed by atoms with Crippen molar-refractivity contribution in [3.8, 4) is 5.75 Å². The third-order valence-corrected chi connectivity index (χ3v) is 3.61. The molecule has 0 N–H and O–H groups in total. The topological polar surface area (TPSA) is 29.5 Å². The van der Waals surface area contributed by atoms with Crippen LogP contribution in [0.2, 0.25) is 0 Å². The Hall–Kier alpha value is -2.43. The predicted octanol–water partition coefficient (Wildman–Crippen LogP) is 3.81. The third kappa shape index (κ3) is 3.42. The average Bonchev–Trinajstić information content (AvgIpc) is 2.52. The minimum Gasteiger partial charge on any atom is -0.497 e. The minimum absolute atomic E-state index is 0.0136. The Morgan fingerprint density at radius 3 is 2.14 bits per heavy atom. The average molecular weight is 305 g/mol. The van der Waals surface area contributed by atoms with Crippen molar-refractivity contribution in [3.63, 3.8) is 0 Å². The lowest BCUT2D eigenvalue weighted by Gasteiger charge is -2.25. The summed E-state index contributed by atoms with van der Waals surface area (Å²) < 4.78 is 31.6. The molecular weight excluding hydrogens is 288 g/mol. The zero-order valence-electron chi connectivity index (χ0n) is 12.6. The molecule has 0 aliphatic rings. The molecule has 1 unspecified atom stereocenters. The molecule has 0 spiro atoms. The predicted molar refractivity (Wildman–Crippen MR) is 79.9 cm³/mol. The van der Waals surface area contributed by atoms with Gasteiger partial charge in [-0.2, -0.15) is 0 Å². The molecule has 0 fully saturated rings. The maximum Gasteiger partial charge on any atom is 0.254 e. The number of halogens is 2. The van der Waals surface area contributed by atoms with E-state index in [0.717, 1.165) is 29.5 Å². The lowest BCUT2D eigenvalue weighted by atomic mass is 10.1. The molecule has 0 saturated heterocycles. The quantitative estimate of drug-likeness (QED) is 0.859. The second-order valence-electron chi connectivity index (χ2n) is 5.02. The van der Waals surface area contributed by atoms with Gasteiger partial charge in [-0.3, -0.25) is 4.79 Å². The highest BCUT2D eigenvalue weighted by atomic mass is 19.1. The molecule has 0 aliphatic carbocycles. The third-order valence-electron chi connectivity index (χ3n) is 3.61. The summed E-state index contributed by atoms with van der Waals surface area (Å²) >= 11 is 0. The van der Waals surface area contributed by atoms with Gasteiger partial charge in [-0.05, 0) is 36.8 Å². The molecular formula is C17H17F2NO2. The van der Waals surface area contributed by atoms with Gasteiger partial charge in [-0.15, -0.1) is 0 Å². The van der Waals surface area contributed by atoms with Crippen molar-refractivity contribution in [3.05, 3.63) is 65.2 Å². The van der Waals surface area contributed by atoms with Crippen LogP contribution in [0.4, 0.5) is 8.78 Å².